The summed E-state index contributed by atoms with van der Waals surface area (Å²) >= 11 is 0. The fourth-order valence-corrected chi connectivity index (χ4v) is 3.20. The molecular weight excluding hydrogens is 224 g/mol. The Morgan fingerprint density at radius 2 is 2.06 bits per heavy atom. The van der Waals surface area contributed by atoms with Crippen molar-refractivity contribution in [2.24, 2.45) is 17.6 Å². The number of carbonyl (C=O) groups is 1. The second-order valence-electron chi connectivity index (χ2n) is 6.22. The average molecular weight is 254 g/mol. The third kappa shape index (κ3) is 3.98. The van der Waals surface area contributed by atoms with Crippen LogP contribution >= 0.6 is 0 Å². The maximum atomic E-state index is 12.4. The van der Waals surface area contributed by atoms with Crippen LogP contribution in [-0.4, -0.2) is 29.4 Å². The molecule has 1 saturated heterocycles. The van der Waals surface area contributed by atoms with Crippen LogP contribution in [0.1, 0.15) is 59.8 Å². The average Bonchev–Trinajstić information content (AvgIpc) is 2.68. The maximum absolute atomic E-state index is 12.4. The lowest BCUT2D eigenvalue weighted by atomic mass is 9.93. The van der Waals surface area contributed by atoms with E-state index in [1.54, 1.807) is 0 Å². The van der Waals surface area contributed by atoms with Crippen molar-refractivity contribution in [3.8, 4) is 0 Å². The lowest BCUT2D eigenvalue weighted by Crippen LogP contribution is -2.41. The highest BCUT2D eigenvalue weighted by Gasteiger charge is 2.33. The van der Waals surface area contributed by atoms with Gasteiger partial charge in [-0.05, 0) is 51.0 Å². The van der Waals surface area contributed by atoms with Gasteiger partial charge < -0.3 is 10.6 Å². The zero-order valence-electron chi connectivity index (χ0n) is 12.5. The summed E-state index contributed by atoms with van der Waals surface area (Å²) in [5.41, 5.74) is 5.80. The molecule has 2 unspecified atom stereocenters. The zero-order chi connectivity index (χ0) is 13.7. The minimum atomic E-state index is 0.322. The van der Waals surface area contributed by atoms with Gasteiger partial charge in [-0.1, -0.05) is 20.8 Å². The fourth-order valence-electron chi connectivity index (χ4n) is 3.20. The van der Waals surface area contributed by atoms with Crippen molar-refractivity contribution in [1.29, 1.82) is 0 Å². The third-order valence-corrected chi connectivity index (χ3v) is 4.15. The van der Waals surface area contributed by atoms with Gasteiger partial charge in [0.1, 0.15) is 0 Å². The molecule has 1 fully saturated rings. The number of nitrogens with zero attached hydrogens (tertiary/aromatic N) is 1. The molecular formula is C15H30N2O. The molecule has 1 amide bonds. The van der Waals surface area contributed by atoms with Gasteiger partial charge >= 0.3 is 0 Å². The molecule has 106 valence electrons. The van der Waals surface area contributed by atoms with Gasteiger partial charge in [0.05, 0.1) is 0 Å². The largest absolute Gasteiger partial charge is 0.337 e. The molecule has 3 heteroatoms. The Balaban J connectivity index is 2.57. The van der Waals surface area contributed by atoms with E-state index in [4.69, 9.17) is 5.73 Å². The summed E-state index contributed by atoms with van der Waals surface area (Å²) in [7, 11) is 0. The Bertz CT molecular complexity index is 265. The van der Waals surface area contributed by atoms with E-state index < -0.39 is 0 Å². The van der Waals surface area contributed by atoms with E-state index in [1.807, 2.05) is 0 Å². The molecule has 1 aliphatic rings. The molecule has 2 N–H and O–H groups in total. The van der Waals surface area contributed by atoms with Crippen LogP contribution in [0.4, 0.5) is 0 Å². The van der Waals surface area contributed by atoms with E-state index in [-0.39, 0.29) is 0 Å². The molecule has 3 nitrogen and oxygen atoms in total. The maximum Gasteiger partial charge on any atom is 0.223 e. The molecule has 0 aromatic heterocycles. The molecule has 0 aromatic carbocycles. The third-order valence-electron chi connectivity index (χ3n) is 4.15. The lowest BCUT2D eigenvalue weighted by molar-refractivity contribution is -0.134. The molecule has 1 rings (SSSR count). The van der Waals surface area contributed by atoms with Crippen LogP contribution in [0.2, 0.25) is 0 Å². The van der Waals surface area contributed by atoms with Gasteiger partial charge in [0.15, 0.2) is 0 Å². The van der Waals surface area contributed by atoms with Crippen LogP contribution in [-0.2, 0) is 4.79 Å². The highest BCUT2D eigenvalue weighted by Crippen LogP contribution is 2.28. The van der Waals surface area contributed by atoms with E-state index in [0.717, 1.165) is 19.3 Å². The Kier molecular flexibility index (Phi) is 6.13. The van der Waals surface area contributed by atoms with E-state index in [0.29, 0.717) is 42.8 Å². The summed E-state index contributed by atoms with van der Waals surface area (Å²) < 4.78 is 0. The molecule has 18 heavy (non-hydrogen) atoms. The van der Waals surface area contributed by atoms with Gasteiger partial charge in [-0.15, -0.1) is 0 Å². The Morgan fingerprint density at radius 1 is 1.39 bits per heavy atom. The van der Waals surface area contributed by atoms with Crippen LogP contribution in [0.15, 0.2) is 0 Å². The predicted octanol–water partition coefficient (Wildman–Crippen LogP) is 2.79. The first-order chi connectivity index (χ1) is 8.49. The Morgan fingerprint density at radius 3 is 2.56 bits per heavy atom. The van der Waals surface area contributed by atoms with Crippen molar-refractivity contribution in [3.05, 3.63) is 0 Å². The van der Waals surface area contributed by atoms with Crippen LogP contribution in [0.25, 0.3) is 0 Å². The Labute approximate surface area is 112 Å². The highest BCUT2D eigenvalue weighted by atomic mass is 16.2. The lowest BCUT2D eigenvalue weighted by Gasteiger charge is -2.30. The summed E-state index contributed by atoms with van der Waals surface area (Å²) in [6.45, 7) is 9.37. The fraction of sp³-hybridized carbons (Fsp3) is 0.933. The molecule has 0 bridgehead atoms. The summed E-state index contributed by atoms with van der Waals surface area (Å²) in [5, 5.41) is 0. The topological polar surface area (TPSA) is 46.3 Å². The van der Waals surface area contributed by atoms with Crippen molar-refractivity contribution in [2.45, 2.75) is 71.9 Å². The molecule has 1 heterocycles. The number of rotatable bonds is 6. The first kappa shape index (κ1) is 15.5. The van der Waals surface area contributed by atoms with Gasteiger partial charge in [0.2, 0.25) is 5.91 Å². The minimum Gasteiger partial charge on any atom is -0.337 e. The van der Waals surface area contributed by atoms with Crippen molar-refractivity contribution >= 4 is 5.91 Å². The second-order valence-corrected chi connectivity index (χ2v) is 6.22. The molecule has 1 aliphatic heterocycles. The van der Waals surface area contributed by atoms with Crippen LogP contribution in [0.5, 0.6) is 0 Å². The predicted molar refractivity (Wildman–Crippen MR) is 76.2 cm³/mol. The monoisotopic (exact) mass is 254 g/mol. The number of nitrogens with two attached hydrogens (primary N) is 1. The smallest absolute Gasteiger partial charge is 0.223 e. The van der Waals surface area contributed by atoms with Gasteiger partial charge in [0.25, 0.3) is 0 Å². The highest BCUT2D eigenvalue weighted by molar-refractivity contribution is 5.77. The summed E-state index contributed by atoms with van der Waals surface area (Å²) in [5.74, 6) is 1.29. The minimum absolute atomic E-state index is 0.322. The number of hydrogen-bond acceptors (Lipinski definition) is 2. The van der Waals surface area contributed by atoms with Gasteiger partial charge in [0, 0.05) is 18.5 Å². The molecule has 0 saturated carbocycles. The standard InChI is InChI=1S/C15H30N2O/c1-5-14-7-6-12(4)17(14)15(18)9-13(10-16)8-11(2)3/h11-14H,5-10,16H2,1-4H3/t12?,13-,14?/m0/s1. The second kappa shape index (κ2) is 7.13. The van der Waals surface area contributed by atoms with Crippen molar-refractivity contribution in [1.82, 2.24) is 4.90 Å². The summed E-state index contributed by atoms with van der Waals surface area (Å²) in [4.78, 5) is 14.6. The zero-order valence-corrected chi connectivity index (χ0v) is 12.5. The van der Waals surface area contributed by atoms with Gasteiger partial charge in [-0.3, -0.25) is 4.79 Å². The van der Waals surface area contributed by atoms with E-state index in [9.17, 15) is 4.79 Å². The van der Waals surface area contributed by atoms with E-state index in [1.165, 1.54) is 6.42 Å². The van der Waals surface area contributed by atoms with Gasteiger partial charge in [-0.25, -0.2) is 0 Å². The van der Waals surface area contributed by atoms with Crippen molar-refractivity contribution in [2.75, 3.05) is 6.54 Å². The van der Waals surface area contributed by atoms with Crippen molar-refractivity contribution in [3.63, 3.8) is 0 Å². The summed E-state index contributed by atoms with van der Waals surface area (Å²) in [6, 6.07) is 0.880. The molecule has 0 radical (unpaired) electrons. The molecule has 0 aromatic rings. The molecule has 0 spiro atoms. The number of amides is 1. The van der Waals surface area contributed by atoms with Gasteiger partial charge in [-0.2, -0.15) is 0 Å². The van der Waals surface area contributed by atoms with Crippen LogP contribution in [0.3, 0.4) is 0 Å². The van der Waals surface area contributed by atoms with Crippen LogP contribution in [0, 0.1) is 11.8 Å². The normalized spacial score (nSPS) is 25.8. The Hall–Kier alpha value is -0.570. The van der Waals surface area contributed by atoms with Crippen molar-refractivity contribution < 1.29 is 4.79 Å². The number of hydrogen-bond donors (Lipinski definition) is 1. The summed E-state index contributed by atoms with van der Waals surface area (Å²) in [6.07, 6.45) is 5.09. The number of carbonyl (C=O) groups excluding carboxylic acids is 1. The first-order valence-corrected chi connectivity index (χ1v) is 7.50. The number of likely N-dealkylation sites (tertiary alicyclic amines) is 1. The van der Waals surface area contributed by atoms with E-state index in [2.05, 4.69) is 32.6 Å². The van der Waals surface area contributed by atoms with E-state index >= 15 is 0 Å². The quantitative estimate of drug-likeness (QED) is 0.792. The molecule has 0 aliphatic carbocycles. The molecule has 3 atom stereocenters. The SMILES string of the molecule is CCC1CCC(C)N1C(=O)C[C@@H](CN)CC(C)C. The van der Waals surface area contributed by atoms with Crippen LogP contribution < -0.4 is 5.73 Å². The first-order valence-electron chi connectivity index (χ1n) is 7.50.